The smallest absolute Gasteiger partial charge is 0.128 e. The minimum atomic E-state index is -0.838. The molecule has 1 aromatic carbocycles. The highest BCUT2D eigenvalue weighted by Gasteiger charge is 2.23. The van der Waals surface area contributed by atoms with E-state index in [1.165, 1.54) is 0 Å². The molecule has 2 unspecified atom stereocenters. The van der Waals surface area contributed by atoms with E-state index in [9.17, 15) is 5.11 Å². The molecule has 0 radical (unpaired) electrons. The summed E-state index contributed by atoms with van der Waals surface area (Å²) >= 11 is 6.12. The summed E-state index contributed by atoms with van der Waals surface area (Å²) in [4.78, 5) is 0. The highest BCUT2D eigenvalue weighted by atomic mass is 35.5. The number of aliphatic hydroxyl groups is 1. The van der Waals surface area contributed by atoms with Crippen LogP contribution in [0.1, 0.15) is 43.4 Å². The van der Waals surface area contributed by atoms with E-state index in [1.54, 1.807) is 13.2 Å². The Labute approximate surface area is 119 Å². The molecule has 0 saturated carbocycles. The van der Waals surface area contributed by atoms with Gasteiger partial charge in [0.25, 0.3) is 0 Å². The predicted octanol–water partition coefficient (Wildman–Crippen LogP) is 2.18. The average Bonchev–Trinajstić information content (AvgIpc) is 2.36. The Bertz CT molecular complexity index is 424. The summed E-state index contributed by atoms with van der Waals surface area (Å²) in [6.45, 7) is 4.52. The van der Waals surface area contributed by atoms with Crippen molar-refractivity contribution in [1.29, 1.82) is 0 Å². The molecule has 4 nitrogen and oxygen atoms in total. The molecule has 0 heterocycles. The van der Waals surface area contributed by atoms with E-state index in [-0.39, 0.29) is 5.92 Å². The molecule has 2 atom stereocenters. The second-order valence-electron chi connectivity index (χ2n) is 4.96. The summed E-state index contributed by atoms with van der Waals surface area (Å²) in [5.74, 6) is 0.893. The molecule has 0 bridgehead atoms. The van der Waals surface area contributed by atoms with Crippen molar-refractivity contribution in [2.75, 3.05) is 13.7 Å². The van der Waals surface area contributed by atoms with Gasteiger partial charge in [-0.05, 0) is 36.6 Å². The molecular weight excluding hydrogens is 264 g/mol. The fraction of sp³-hybridized carbons (Fsp3) is 0.571. The normalized spacial score (nSPS) is 14.5. The summed E-state index contributed by atoms with van der Waals surface area (Å²) in [5.41, 5.74) is 13.0. The van der Waals surface area contributed by atoms with E-state index < -0.39 is 12.1 Å². The molecule has 19 heavy (non-hydrogen) atoms. The molecule has 0 aromatic heterocycles. The quantitative estimate of drug-likeness (QED) is 0.749. The molecule has 0 amide bonds. The minimum absolute atomic E-state index is 0.241. The van der Waals surface area contributed by atoms with Gasteiger partial charge in [0.05, 0.1) is 13.2 Å². The monoisotopic (exact) mass is 286 g/mol. The Morgan fingerprint density at radius 1 is 1.32 bits per heavy atom. The van der Waals surface area contributed by atoms with Crippen LogP contribution in [0, 0.1) is 0 Å². The Balaban J connectivity index is 3.25. The lowest BCUT2D eigenvalue weighted by atomic mass is 9.93. The number of nitrogens with two attached hydrogens (primary N) is 2. The first-order valence-electron chi connectivity index (χ1n) is 6.43. The van der Waals surface area contributed by atoms with Crippen LogP contribution in [0.3, 0.4) is 0 Å². The summed E-state index contributed by atoms with van der Waals surface area (Å²) in [7, 11) is 1.58. The van der Waals surface area contributed by atoms with E-state index in [0.717, 1.165) is 5.56 Å². The third-order valence-corrected chi connectivity index (χ3v) is 3.38. The van der Waals surface area contributed by atoms with Gasteiger partial charge in [-0.15, -0.1) is 0 Å². The molecular formula is C14H23ClN2O2. The van der Waals surface area contributed by atoms with Crippen molar-refractivity contribution in [2.45, 2.75) is 38.3 Å². The van der Waals surface area contributed by atoms with Gasteiger partial charge in [0.2, 0.25) is 0 Å². The fourth-order valence-corrected chi connectivity index (χ4v) is 2.34. The zero-order chi connectivity index (χ0) is 14.6. The molecule has 1 aromatic rings. The van der Waals surface area contributed by atoms with Crippen LogP contribution < -0.4 is 16.2 Å². The summed E-state index contributed by atoms with van der Waals surface area (Å²) in [6.07, 6.45) is -0.303. The van der Waals surface area contributed by atoms with Crippen molar-refractivity contribution in [3.8, 4) is 5.75 Å². The Morgan fingerprint density at radius 3 is 2.37 bits per heavy atom. The van der Waals surface area contributed by atoms with Crippen LogP contribution in [0.4, 0.5) is 0 Å². The first kappa shape index (κ1) is 16.2. The molecule has 5 heteroatoms. The third-order valence-electron chi connectivity index (χ3n) is 3.16. The Morgan fingerprint density at radius 2 is 1.89 bits per heavy atom. The van der Waals surface area contributed by atoms with Crippen molar-refractivity contribution < 1.29 is 9.84 Å². The van der Waals surface area contributed by atoms with Crippen molar-refractivity contribution in [2.24, 2.45) is 11.5 Å². The number of hydrogen-bond donors (Lipinski definition) is 3. The molecule has 0 aliphatic rings. The standard InChI is InChI=1S/C14H23ClN2O2/c1-8(2)10-6-9(15)7-11(14(10)19-3)13(18)12(17)4-5-16/h6-8,12-13,18H,4-5,16-17H2,1-3H3. The lowest BCUT2D eigenvalue weighted by Crippen LogP contribution is -2.31. The number of hydrogen-bond acceptors (Lipinski definition) is 4. The Kier molecular flexibility index (Phi) is 6.07. The highest BCUT2D eigenvalue weighted by molar-refractivity contribution is 6.30. The van der Waals surface area contributed by atoms with E-state index in [0.29, 0.717) is 29.3 Å². The number of ether oxygens (including phenoxy) is 1. The van der Waals surface area contributed by atoms with E-state index in [1.807, 2.05) is 19.9 Å². The van der Waals surface area contributed by atoms with Gasteiger partial charge < -0.3 is 21.3 Å². The Hall–Kier alpha value is -0.810. The second-order valence-corrected chi connectivity index (χ2v) is 5.39. The van der Waals surface area contributed by atoms with E-state index >= 15 is 0 Å². The van der Waals surface area contributed by atoms with Gasteiger partial charge in [0, 0.05) is 16.6 Å². The van der Waals surface area contributed by atoms with Gasteiger partial charge in [-0.3, -0.25) is 0 Å². The summed E-state index contributed by atoms with van der Waals surface area (Å²) < 4.78 is 5.44. The third kappa shape index (κ3) is 3.83. The number of methoxy groups -OCH3 is 1. The van der Waals surface area contributed by atoms with Crippen LogP contribution in [0.2, 0.25) is 5.02 Å². The molecule has 0 aliphatic heterocycles. The number of rotatable bonds is 6. The van der Waals surface area contributed by atoms with E-state index in [2.05, 4.69) is 0 Å². The zero-order valence-corrected chi connectivity index (χ0v) is 12.4. The fourth-order valence-electron chi connectivity index (χ4n) is 2.10. The molecule has 1 rings (SSSR count). The summed E-state index contributed by atoms with van der Waals surface area (Å²) in [6, 6.07) is 3.13. The van der Waals surface area contributed by atoms with Crippen LogP contribution in [0.15, 0.2) is 12.1 Å². The largest absolute Gasteiger partial charge is 0.496 e. The van der Waals surface area contributed by atoms with Crippen LogP contribution >= 0.6 is 11.6 Å². The number of aliphatic hydroxyl groups excluding tert-OH is 1. The molecule has 0 fully saturated rings. The van der Waals surface area contributed by atoms with E-state index in [4.69, 9.17) is 27.8 Å². The number of halogens is 1. The molecule has 5 N–H and O–H groups in total. The van der Waals surface area contributed by atoms with Crippen molar-refractivity contribution in [3.05, 3.63) is 28.3 Å². The van der Waals surface area contributed by atoms with Crippen molar-refractivity contribution >= 4 is 11.6 Å². The van der Waals surface area contributed by atoms with Crippen LogP contribution in [0.5, 0.6) is 5.75 Å². The maximum absolute atomic E-state index is 10.3. The zero-order valence-electron chi connectivity index (χ0n) is 11.7. The maximum Gasteiger partial charge on any atom is 0.128 e. The van der Waals surface area contributed by atoms with Gasteiger partial charge in [0.1, 0.15) is 5.75 Å². The van der Waals surface area contributed by atoms with Crippen LogP contribution in [-0.2, 0) is 0 Å². The predicted molar refractivity (Wildman–Crippen MR) is 78.7 cm³/mol. The van der Waals surface area contributed by atoms with Crippen molar-refractivity contribution in [3.63, 3.8) is 0 Å². The lowest BCUT2D eigenvalue weighted by Gasteiger charge is -2.23. The SMILES string of the molecule is COc1c(C(C)C)cc(Cl)cc1C(O)C(N)CCN. The van der Waals surface area contributed by atoms with Gasteiger partial charge >= 0.3 is 0 Å². The lowest BCUT2D eigenvalue weighted by molar-refractivity contribution is 0.139. The first-order valence-corrected chi connectivity index (χ1v) is 6.81. The maximum atomic E-state index is 10.3. The topological polar surface area (TPSA) is 81.5 Å². The summed E-state index contributed by atoms with van der Waals surface area (Å²) in [5, 5.41) is 10.9. The molecule has 0 spiro atoms. The molecule has 108 valence electrons. The van der Waals surface area contributed by atoms with Crippen LogP contribution in [-0.4, -0.2) is 24.8 Å². The van der Waals surface area contributed by atoms with Gasteiger partial charge in [-0.1, -0.05) is 25.4 Å². The van der Waals surface area contributed by atoms with Crippen molar-refractivity contribution in [1.82, 2.24) is 0 Å². The van der Waals surface area contributed by atoms with Gasteiger partial charge in [-0.25, -0.2) is 0 Å². The number of benzene rings is 1. The second kappa shape index (κ2) is 7.10. The highest BCUT2D eigenvalue weighted by Crippen LogP contribution is 2.37. The molecule has 0 aliphatic carbocycles. The molecule has 0 saturated heterocycles. The minimum Gasteiger partial charge on any atom is -0.496 e. The first-order chi connectivity index (χ1) is 8.92. The van der Waals surface area contributed by atoms with Crippen LogP contribution in [0.25, 0.3) is 0 Å². The van der Waals surface area contributed by atoms with Gasteiger partial charge in [0.15, 0.2) is 0 Å². The van der Waals surface area contributed by atoms with Gasteiger partial charge in [-0.2, -0.15) is 0 Å². The average molecular weight is 287 g/mol.